The van der Waals surface area contributed by atoms with E-state index in [1.165, 1.54) is 11.8 Å². The zero-order valence-electron chi connectivity index (χ0n) is 16.5. The number of carbonyl (C=O) groups is 2. The number of carbonyl (C=O) groups excluding carboxylic acids is 2. The highest BCUT2D eigenvalue weighted by atomic mass is 16.5. The normalized spacial score (nSPS) is 11.5. The number of furan rings is 1. The zero-order valence-corrected chi connectivity index (χ0v) is 16.5. The van der Waals surface area contributed by atoms with Crippen molar-refractivity contribution in [3.05, 3.63) is 83.8 Å². The highest BCUT2D eigenvalue weighted by Crippen LogP contribution is 2.19. The van der Waals surface area contributed by atoms with E-state index in [-0.39, 0.29) is 30.2 Å². The Morgan fingerprint density at radius 2 is 1.86 bits per heavy atom. The molecule has 0 saturated heterocycles. The van der Waals surface area contributed by atoms with Gasteiger partial charge in [0.2, 0.25) is 0 Å². The number of benzene rings is 2. The van der Waals surface area contributed by atoms with Gasteiger partial charge in [0.05, 0.1) is 12.3 Å². The number of anilines is 1. The molecule has 0 radical (unpaired) electrons. The molecule has 0 aliphatic heterocycles. The van der Waals surface area contributed by atoms with E-state index in [0.29, 0.717) is 11.4 Å². The van der Waals surface area contributed by atoms with Crippen molar-refractivity contribution >= 4 is 17.5 Å². The van der Waals surface area contributed by atoms with Crippen LogP contribution in [-0.2, 0) is 4.79 Å². The van der Waals surface area contributed by atoms with Crippen molar-refractivity contribution < 1.29 is 18.7 Å². The maximum absolute atomic E-state index is 12.3. The number of hydrogen-bond donors (Lipinski definition) is 2. The summed E-state index contributed by atoms with van der Waals surface area (Å²) in [5.74, 6) is 0.148. The third-order valence-corrected chi connectivity index (χ3v) is 4.43. The van der Waals surface area contributed by atoms with Crippen molar-refractivity contribution in [2.75, 3.05) is 11.9 Å². The molecule has 2 amide bonds. The van der Waals surface area contributed by atoms with Crippen molar-refractivity contribution in [3.63, 3.8) is 0 Å². The summed E-state index contributed by atoms with van der Waals surface area (Å²) in [4.78, 5) is 24.4. The fourth-order valence-electron chi connectivity index (χ4n) is 2.87. The standard InChI is InChI=1S/C23H24N2O4/c1-3-20(17-11-9-16(2)10-12-17)25-22(26)15-29-19-7-4-6-18(14-19)24-23(27)21-8-5-13-28-21/h4-14,20H,3,15H2,1-2H3,(H,24,27)(H,25,26). The Labute approximate surface area is 169 Å². The lowest BCUT2D eigenvalue weighted by atomic mass is 10.0. The van der Waals surface area contributed by atoms with Gasteiger partial charge in [-0.3, -0.25) is 9.59 Å². The van der Waals surface area contributed by atoms with Gasteiger partial charge in [0.25, 0.3) is 11.8 Å². The Bertz CT molecular complexity index is 949. The number of ether oxygens (including phenoxy) is 1. The van der Waals surface area contributed by atoms with Gasteiger partial charge in [-0.15, -0.1) is 0 Å². The van der Waals surface area contributed by atoms with E-state index >= 15 is 0 Å². The van der Waals surface area contributed by atoms with Gasteiger partial charge in [-0.1, -0.05) is 42.8 Å². The summed E-state index contributed by atoms with van der Waals surface area (Å²) in [6.45, 7) is 3.94. The smallest absolute Gasteiger partial charge is 0.291 e. The molecule has 0 saturated carbocycles. The maximum atomic E-state index is 12.3. The first kappa shape index (κ1) is 20.2. The molecule has 1 unspecified atom stereocenters. The van der Waals surface area contributed by atoms with Crippen molar-refractivity contribution in [3.8, 4) is 5.75 Å². The third-order valence-electron chi connectivity index (χ3n) is 4.43. The minimum absolute atomic E-state index is 0.0642. The summed E-state index contributed by atoms with van der Waals surface area (Å²) in [5.41, 5.74) is 2.79. The van der Waals surface area contributed by atoms with Crippen LogP contribution in [0, 0.1) is 6.92 Å². The second-order valence-corrected chi connectivity index (χ2v) is 6.69. The molecule has 1 heterocycles. The molecule has 29 heavy (non-hydrogen) atoms. The number of hydrogen-bond acceptors (Lipinski definition) is 4. The molecular weight excluding hydrogens is 368 g/mol. The van der Waals surface area contributed by atoms with Gasteiger partial charge < -0.3 is 19.8 Å². The molecule has 6 heteroatoms. The predicted molar refractivity (Wildman–Crippen MR) is 111 cm³/mol. The Morgan fingerprint density at radius 3 is 2.55 bits per heavy atom. The third kappa shape index (κ3) is 5.72. The molecule has 0 aliphatic rings. The van der Waals surface area contributed by atoms with Gasteiger partial charge >= 0.3 is 0 Å². The Kier molecular flexibility index (Phi) is 6.68. The summed E-state index contributed by atoms with van der Waals surface area (Å²) in [7, 11) is 0. The van der Waals surface area contributed by atoms with E-state index in [4.69, 9.17) is 9.15 Å². The molecule has 0 bridgehead atoms. The highest BCUT2D eigenvalue weighted by molar-refractivity contribution is 6.02. The van der Waals surface area contributed by atoms with Gasteiger partial charge in [-0.25, -0.2) is 0 Å². The highest BCUT2D eigenvalue weighted by Gasteiger charge is 2.13. The molecule has 3 aromatic rings. The van der Waals surface area contributed by atoms with Crippen LogP contribution < -0.4 is 15.4 Å². The van der Waals surface area contributed by atoms with Crippen LogP contribution in [0.4, 0.5) is 5.69 Å². The lowest BCUT2D eigenvalue weighted by Gasteiger charge is -2.18. The molecule has 2 N–H and O–H groups in total. The van der Waals surface area contributed by atoms with Crippen molar-refractivity contribution in [2.45, 2.75) is 26.3 Å². The van der Waals surface area contributed by atoms with Crippen LogP contribution in [0.2, 0.25) is 0 Å². The van der Waals surface area contributed by atoms with E-state index in [0.717, 1.165) is 12.0 Å². The van der Waals surface area contributed by atoms with E-state index in [9.17, 15) is 9.59 Å². The lowest BCUT2D eigenvalue weighted by Crippen LogP contribution is -2.32. The molecule has 0 fully saturated rings. The van der Waals surface area contributed by atoms with Gasteiger partial charge in [0.1, 0.15) is 5.75 Å². The fraction of sp³-hybridized carbons (Fsp3) is 0.217. The molecule has 150 valence electrons. The van der Waals surface area contributed by atoms with Crippen LogP contribution in [-0.4, -0.2) is 18.4 Å². The summed E-state index contributed by atoms with van der Waals surface area (Å²) < 4.78 is 10.7. The molecule has 3 rings (SSSR count). The molecule has 0 spiro atoms. The number of rotatable bonds is 8. The van der Waals surface area contributed by atoms with Gasteiger partial charge in [0.15, 0.2) is 12.4 Å². The number of amides is 2. The first-order valence-corrected chi connectivity index (χ1v) is 9.49. The minimum atomic E-state index is -0.353. The zero-order chi connectivity index (χ0) is 20.6. The number of aryl methyl sites for hydroxylation is 1. The topological polar surface area (TPSA) is 80.6 Å². The van der Waals surface area contributed by atoms with Gasteiger partial charge in [-0.05, 0) is 43.2 Å². The molecule has 6 nitrogen and oxygen atoms in total. The second-order valence-electron chi connectivity index (χ2n) is 6.69. The van der Waals surface area contributed by atoms with Crippen LogP contribution in [0.15, 0.2) is 71.3 Å². The van der Waals surface area contributed by atoms with Crippen LogP contribution >= 0.6 is 0 Å². The van der Waals surface area contributed by atoms with Crippen LogP contribution in [0.1, 0.15) is 41.1 Å². The summed E-state index contributed by atoms with van der Waals surface area (Å²) in [6.07, 6.45) is 2.22. The quantitative estimate of drug-likeness (QED) is 0.592. The van der Waals surface area contributed by atoms with Crippen LogP contribution in [0.25, 0.3) is 0 Å². The lowest BCUT2D eigenvalue weighted by molar-refractivity contribution is -0.123. The van der Waals surface area contributed by atoms with Crippen molar-refractivity contribution in [1.29, 1.82) is 0 Å². The first-order valence-electron chi connectivity index (χ1n) is 9.49. The average Bonchev–Trinajstić information content (AvgIpc) is 3.27. The van der Waals surface area contributed by atoms with Crippen molar-refractivity contribution in [2.24, 2.45) is 0 Å². The summed E-state index contributed by atoms with van der Waals surface area (Å²) in [6, 6.07) is 18.1. The first-order chi connectivity index (χ1) is 14.0. The van der Waals surface area contributed by atoms with Crippen LogP contribution in [0.5, 0.6) is 5.75 Å². The second kappa shape index (κ2) is 9.59. The summed E-state index contributed by atoms with van der Waals surface area (Å²) >= 11 is 0. The van der Waals surface area contributed by atoms with Gasteiger partial charge in [0, 0.05) is 11.8 Å². The van der Waals surface area contributed by atoms with E-state index in [1.54, 1.807) is 36.4 Å². The average molecular weight is 392 g/mol. The SMILES string of the molecule is CCC(NC(=O)COc1cccc(NC(=O)c2ccco2)c1)c1ccc(C)cc1. The Morgan fingerprint density at radius 1 is 1.07 bits per heavy atom. The molecule has 0 aliphatic carbocycles. The van der Waals surface area contributed by atoms with E-state index < -0.39 is 0 Å². The molecule has 2 aromatic carbocycles. The molecule has 1 aromatic heterocycles. The van der Waals surface area contributed by atoms with Crippen molar-refractivity contribution in [1.82, 2.24) is 5.32 Å². The molecule has 1 atom stereocenters. The monoisotopic (exact) mass is 392 g/mol. The predicted octanol–water partition coefficient (Wildman–Crippen LogP) is 4.49. The maximum Gasteiger partial charge on any atom is 0.291 e. The Balaban J connectivity index is 1.54. The van der Waals surface area contributed by atoms with Crippen LogP contribution in [0.3, 0.4) is 0 Å². The van der Waals surface area contributed by atoms with Gasteiger partial charge in [-0.2, -0.15) is 0 Å². The largest absolute Gasteiger partial charge is 0.484 e. The fourth-order valence-corrected chi connectivity index (χ4v) is 2.87. The minimum Gasteiger partial charge on any atom is -0.484 e. The van der Waals surface area contributed by atoms with E-state index in [2.05, 4.69) is 10.6 Å². The molecular formula is C23H24N2O4. The van der Waals surface area contributed by atoms with E-state index in [1.807, 2.05) is 38.1 Å². The summed E-state index contributed by atoms with van der Waals surface area (Å²) in [5, 5.41) is 5.72. The Hall–Kier alpha value is -3.54. The number of nitrogens with one attached hydrogen (secondary N) is 2.